The molecule has 1 spiro atoms. The molecule has 3 aliphatic heterocycles. The van der Waals surface area contributed by atoms with Crippen molar-refractivity contribution < 1.29 is 38.7 Å². The highest BCUT2D eigenvalue weighted by Gasteiger charge is 2.41. The average molecular weight is 583 g/mol. The number of aliphatic hydroxyl groups excluding tert-OH is 1. The Morgan fingerprint density at radius 3 is 2.38 bits per heavy atom. The van der Waals surface area contributed by atoms with E-state index in [1.807, 2.05) is 48.5 Å². The minimum absolute atomic E-state index is 0.00904. The van der Waals surface area contributed by atoms with Gasteiger partial charge in [0.1, 0.15) is 0 Å². The van der Waals surface area contributed by atoms with E-state index < -0.39 is 18.0 Å². The molecule has 3 saturated heterocycles. The molecule has 0 radical (unpaired) electrons. The van der Waals surface area contributed by atoms with Crippen LogP contribution in [-0.4, -0.2) is 71.7 Å². The summed E-state index contributed by atoms with van der Waals surface area (Å²) in [7, 11) is 0. The topological polar surface area (TPSA) is 127 Å². The number of carbonyl (C=O) groups excluding carboxylic acids is 1. The monoisotopic (exact) mass is 582 g/mol. The maximum Gasteiger partial charge on any atom is 0.303 e. The van der Waals surface area contributed by atoms with Crippen molar-refractivity contribution in [2.45, 2.75) is 82.3 Å². The van der Waals surface area contributed by atoms with Crippen LogP contribution in [0.1, 0.15) is 80.5 Å². The van der Waals surface area contributed by atoms with Gasteiger partial charge in [-0.25, -0.2) is 0 Å². The van der Waals surface area contributed by atoms with Gasteiger partial charge in [0.05, 0.1) is 32.0 Å². The molecule has 5 rings (SSSR count). The zero-order chi connectivity index (χ0) is 29.4. The summed E-state index contributed by atoms with van der Waals surface area (Å²) in [6, 6.07) is 15.4. The first-order valence-electron chi connectivity index (χ1n) is 15.0. The molecule has 3 heterocycles. The van der Waals surface area contributed by atoms with Crippen LogP contribution in [0.25, 0.3) is 0 Å². The summed E-state index contributed by atoms with van der Waals surface area (Å²) in [6.45, 7) is 3.82. The number of unbranched alkanes of at least 4 members (excludes halogenated alkanes) is 2. The molecule has 3 N–H and O–H groups in total. The molecule has 2 aromatic rings. The molecule has 0 aromatic heterocycles. The van der Waals surface area contributed by atoms with Crippen LogP contribution in [0.3, 0.4) is 0 Å². The van der Waals surface area contributed by atoms with E-state index in [1.54, 1.807) is 0 Å². The molecule has 0 aliphatic carbocycles. The van der Waals surface area contributed by atoms with Gasteiger partial charge in [-0.3, -0.25) is 9.59 Å². The third-order valence-electron chi connectivity index (χ3n) is 8.25. The lowest BCUT2D eigenvalue weighted by molar-refractivity contribution is -0.255. The molecule has 0 bridgehead atoms. The summed E-state index contributed by atoms with van der Waals surface area (Å²) in [4.78, 5) is 25.6. The summed E-state index contributed by atoms with van der Waals surface area (Å²) < 4.78 is 24.8. The van der Waals surface area contributed by atoms with E-state index >= 15 is 0 Å². The Hall–Kier alpha value is -2.86. The molecular weight excluding hydrogens is 540 g/mol. The number of nitrogens with zero attached hydrogens (tertiary/aromatic N) is 1. The maximum absolute atomic E-state index is 12.5. The van der Waals surface area contributed by atoms with Gasteiger partial charge in [-0.1, -0.05) is 42.8 Å². The predicted octanol–water partition coefficient (Wildman–Crippen LogP) is 4.54. The first-order chi connectivity index (χ1) is 20.4. The number of aliphatic carboxylic acids is 1. The first-order valence-corrected chi connectivity index (χ1v) is 15.0. The van der Waals surface area contributed by atoms with E-state index in [0.717, 1.165) is 49.2 Å². The van der Waals surface area contributed by atoms with Gasteiger partial charge in [0, 0.05) is 63.0 Å². The number of nitrogens with one attached hydrogen (secondary N) is 1. The Kier molecular flexibility index (Phi) is 10.6. The number of piperidine rings is 1. The van der Waals surface area contributed by atoms with E-state index in [2.05, 4.69) is 10.2 Å². The van der Waals surface area contributed by atoms with Crippen LogP contribution < -0.4 is 5.32 Å². The molecule has 0 unspecified atom stereocenters. The second-order valence-electron chi connectivity index (χ2n) is 11.4. The van der Waals surface area contributed by atoms with Crippen molar-refractivity contribution in [3.8, 4) is 0 Å². The van der Waals surface area contributed by atoms with E-state index in [1.165, 1.54) is 0 Å². The summed E-state index contributed by atoms with van der Waals surface area (Å²) >= 11 is 0. The number of benzene rings is 2. The zero-order valence-electron chi connectivity index (χ0n) is 24.0. The Morgan fingerprint density at radius 1 is 0.929 bits per heavy atom. The number of aliphatic hydroxyl groups is 1. The SMILES string of the molecule is O=C(O)CCCCCC(=O)Nc1cccc([C@H]2O[C@@H](CN3CCC4(CC3)OCCO4)C[C@@H](c3ccc(CO)cc3)O2)c1. The molecule has 3 atom stereocenters. The average Bonchev–Trinajstić information content (AvgIpc) is 3.46. The fraction of sp³-hybridized carbons (Fsp3) is 0.562. The number of carboxylic acids is 1. The molecule has 2 aromatic carbocycles. The molecular formula is C32H42N2O8. The Morgan fingerprint density at radius 2 is 1.67 bits per heavy atom. The van der Waals surface area contributed by atoms with Crippen LogP contribution >= 0.6 is 0 Å². The third-order valence-corrected chi connectivity index (χ3v) is 8.25. The number of anilines is 1. The van der Waals surface area contributed by atoms with Crippen LogP contribution in [-0.2, 0) is 35.1 Å². The normalized spacial score (nSPS) is 24.1. The molecule has 0 saturated carbocycles. The lowest BCUT2D eigenvalue weighted by Gasteiger charge is -2.41. The number of hydrogen-bond acceptors (Lipinski definition) is 8. The fourth-order valence-electron chi connectivity index (χ4n) is 5.91. The van der Waals surface area contributed by atoms with Crippen molar-refractivity contribution in [2.24, 2.45) is 0 Å². The second kappa shape index (κ2) is 14.5. The van der Waals surface area contributed by atoms with Crippen molar-refractivity contribution in [2.75, 3.05) is 38.2 Å². The van der Waals surface area contributed by atoms with Gasteiger partial charge in [-0.2, -0.15) is 0 Å². The standard InChI is InChI=1S/C32H42N2O8/c35-22-23-9-11-24(12-10-23)28-20-27(21-34-15-13-32(14-16-34)39-17-18-40-32)41-31(42-28)25-5-4-6-26(19-25)33-29(36)7-2-1-3-8-30(37)38/h4-6,9-12,19,27-28,31,35H,1-3,7-8,13-18,20-22H2,(H,33,36)(H,37,38)/t27-,28+,31+/m1/s1. The van der Waals surface area contributed by atoms with Crippen molar-refractivity contribution in [3.05, 3.63) is 65.2 Å². The van der Waals surface area contributed by atoms with Crippen molar-refractivity contribution in [3.63, 3.8) is 0 Å². The molecule has 10 nitrogen and oxygen atoms in total. The third kappa shape index (κ3) is 8.37. The van der Waals surface area contributed by atoms with E-state index in [4.69, 9.17) is 24.1 Å². The van der Waals surface area contributed by atoms with Crippen LogP contribution in [0.15, 0.2) is 48.5 Å². The molecule has 3 fully saturated rings. The van der Waals surface area contributed by atoms with E-state index in [0.29, 0.717) is 51.0 Å². The van der Waals surface area contributed by atoms with Crippen molar-refractivity contribution >= 4 is 17.6 Å². The van der Waals surface area contributed by atoms with Gasteiger partial charge in [0.25, 0.3) is 0 Å². The predicted molar refractivity (Wildman–Crippen MR) is 155 cm³/mol. The van der Waals surface area contributed by atoms with Gasteiger partial charge in [-0.15, -0.1) is 0 Å². The van der Waals surface area contributed by atoms with Crippen molar-refractivity contribution in [1.82, 2.24) is 4.90 Å². The lowest BCUT2D eigenvalue weighted by Crippen LogP contribution is -2.48. The summed E-state index contributed by atoms with van der Waals surface area (Å²) in [5.41, 5.74) is 3.37. The number of likely N-dealkylation sites (tertiary alicyclic amines) is 1. The molecule has 10 heteroatoms. The first kappa shape index (κ1) is 30.6. The number of ether oxygens (including phenoxy) is 4. The van der Waals surface area contributed by atoms with E-state index in [9.17, 15) is 14.7 Å². The molecule has 42 heavy (non-hydrogen) atoms. The fourth-order valence-corrected chi connectivity index (χ4v) is 5.91. The zero-order valence-corrected chi connectivity index (χ0v) is 24.0. The van der Waals surface area contributed by atoms with Gasteiger partial charge >= 0.3 is 5.97 Å². The van der Waals surface area contributed by atoms with Gasteiger partial charge in [-0.05, 0) is 36.1 Å². The highest BCUT2D eigenvalue weighted by atomic mass is 16.7. The van der Waals surface area contributed by atoms with Crippen LogP contribution in [0, 0.1) is 0 Å². The Balaban J connectivity index is 1.23. The van der Waals surface area contributed by atoms with Crippen LogP contribution in [0.4, 0.5) is 5.69 Å². The number of amides is 1. The largest absolute Gasteiger partial charge is 0.481 e. The number of rotatable bonds is 12. The lowest BCUT2D eigenvalue weighted by atomic mass is 9.98. The summed E-state index contributed by atoms with van der Waals surface area (Å²) in [5.74, 6) is -1.34. The minimum Gasteiger partial charge on any atom is -0.481 e. The van der Waals surface area contributed by atoms with E-state index in [-0.39, 0.29) is 31.1 Å². The molecule has 228 valence electrons. The second-order valence-corrected chi connectivity index (χ2v) is 11.4. The minimum atomic E-state index is -0.812. The van der Waals surface area contributed by atoms with Gasteiger partial charge in [0.2, 0.25) is 5.91 Å². The van der Waals surface area contributed by atoms with Gasteiger partial charge < -0.3 is 39.4 Å². The maximum atomic E-state index is 12.5. The number of carbonyl (C=O) groups is 2. The van der Waals surface area contributed by atoms with Crippen molar-refractivity contribution in [1.29, 1.82) is 0 Å². The molecule has 1 amide bonds. The quantitative estimate of drug-likeness (QED) is 0.309. The van der Waals surface area contributed by atoms with Gasteiger partial charge in [0.15, 0.2) is 12.1 Å². The number of carboxylic acid groups (broad SMARTS) is 1. The number of hydrogen-bond donors (Lipinski definition) is 3. The summed E-state index contributed by atoms with van der Waals surface area (Å²) in [5, 5.41) is 21.2. The highest BCUT2D eigenvalue weighted by molar-refractivity contribution is 5.90. The smallest absolute Gasteiger partial charge is 0.303 e. The summed E-state index contributed by atoms with van der Waals surface area (Å²) in [6.07, 6.45) is 3.86. The highest BCUT2D eigenvalue weighted by Crippen LogP contribution is 2.39. The van der Waals surface area contributed by atoms with Crippen LogP contribution in [0.2, 0.25) is 0 Å². The molecule has 3 aliphatic rings. The Labute approximate surface area is 246 Å². The Bertz CT molecular complexity index is 1170. The van der Waals surface area contributed by atoms with Crippen LogP contribution in [0.5, 0.6) is 0 Å².